The van der Waals surface area contributed by atoms with Crippen LogP contribution in [0.2, 0.25) is 0 Å². The lowest BCUT2D eigenvalue weighted by atomic mass is 10.2. The largest absolute Gasteiger partial charge is 0.493 e. The van der Waals surface area contributed by atoms with Crippen molar-refractivity contribution in [2.45, 2.75) is 11.0 Å². The van der Waals surface area contributed by atoms with Crippen molar-refractivity contribution >= 4 is 35.6 Å². The number of methoxy groups -OCH3 is 1. The molecule has 0 unspecified atom stereocenters. The van der Waals surface area contributed by atoms with Gasteiger partial charge in [-0.05, 0) is 47.3 Å². The molecule has 0 aliphatic carbocycles. The Morgan fingerprint density at radius 3 is 2.56 bits per heavy atom. The van der Waals surface area contributed by atoms with E-state index in [1.54, 1.807) is 13.2 Å². The molecular weight excluding hydrogens is 352 g/mol. The van der Waals surface area contributed by atoms with Gasteiger partial charge in [0.25, 0.3) is 0 Å². The fourth-order valence-corrected chi connectivity index (χ4v) is 5.34. The second-order valence-electron chi connectivity index (χ2n) is 5.50. The Balaban J connectivity index is 1.69. The first-order valence-corrected chi connectivity index (χ1v) is 10.2. The fourth-order valence-electron chi connectivity index (χ4n) is 2.47. The van der Waals surface area contributed by atoms with Gasteiger partial charge in [-0.25, -0.2) is 4.79 Å². The van der Waals surface area contributed by atoms with E-state index in [0.717, 1.165) is 5.56 Å². The molecule has 0 spiro atoms. The zero-order valence-electron chi connectivity index (χ0n) is 14.0. The van der Waals surface area contributed by atoms with Gasteiger partial charge in [0.2, 0.25) is 0 Å². The van der Waals surface area contributed by atoms with Crippen LogP contribution in [0, 0.1) is 0 Å². The van der Waals surface area contributed by atoms with Crippen molar-refractivity contribution in [2.75, 3.05) is 18.6 Å². The van der Waals surface area contributed by atoms with Gasteiger partial charge in [-0.2, -0.15) is 0 Å². The second kappa shape index (κ2) is 9.02. The van der Waals surface area contributed by atoms with Gasteiger partial charge in [0.1, 0.15) is 0 Å². The number of thioether (sulfide) groups is 2. The molecule has 0 saturated carbocycles. The number of carbonyl (C=O) groups is 1. The second-order valence-corrected chi connectivity index (χ2v) is 8.23. The topological polar surface area (TPSA) is 35.5 Å². The molecule has 1 aliphatic heterocycles. The summed E-state index contributed by atoms with van der Waals surface area (Å²) in [6.45, 7) is 0. The molecule has 1 saturated heterocycles. The zero-order valence-corrected chi connectivity index (χ0v) is 15.6. The Morgan fingerprint density at radius 1 is 1.08 bits per heavy atom. The maximum Gasteiger partial charge on any atom is 0.336 e. The van der Waals surface area contributed by atoms with Crippen LogP contribution in [0.5, 0.6) is 11.5 Å². The van der Waals surface area contributed by atoms with Crippen LogP contribution in [-0.2, 0) is 4.79 Å². The lowest BCUT2D eigenvalue weighted by Crippen LogP contribution is -2.06. The Kier molecular flexibility index (Phi) is 6.48. The van der Waals surface area contributed by atoms with Crippen LogP contribution in [-0.4, -0.2) is 24.6 Å². The molecule has 2 aromatic carbocycles. The summed E-state index contributed by atoms with van der Waals surface area (Å²) in [4.78, 5) is 12.1. The van der Waals surface area contributed by atoms with Crippen LogP contribution in [0.1, 0.15) is 22.1 Å². The van der Waals surface area contributed by atoms with Gasteiger partial charge >= 0.3 is 5.97 Å². The predicted molar refractivity (Wildman–Crippen MR) is 106 cm³/mol. The summed E-state index contributed by atoms with van der Waals surface area (Å²) in [7, 11) is 1.59. The highest BCUT2D eigenvalue weighted by atomic mass is 32.2. The van der Waals surface area contributed by atoms with Crippen LogP contribution in [0.15, 0.2) is 54.6 Å². The molecule has 0 amide bonds. The Morgan fingerprint density at radius 2 is 1.84 bits per heavy atom. The molecule has 0 bridgehead atoms. The molecule has 0 N–H and O–H groups in total. The first-order chi connectivity index (χ1) is 12.3. The lowest BCUT2D eigenvalue weighted by molar-refractivity contribution is -0.129. The molecule has 1 aliphatic rings. The normalized spacial score (nSPS) is 15.2. The van der Waals surface area contributed by atoms with Gasteiger partial charge in [0.05, 0.1) is 11.7 Å². The van der Waals surface area contributed by atoms with E-state index in [1.807, 2.05) is 72.1 Å². The molecular formula is C20H20O3S2. The third kappa shape index (κ3) is 5.06. The van der Waals surface area contributed by atoms with Gasteiger partial charge in [-0.3, -0.25) is 0 Å². The first kappa shape index (κ1) is 18.0. The third-order valence-corrected chi connectivity index (χ3v) is 6.72. The monoisotopic (exact) mass is 372 g/mol. The molecule has 25 heavy (non-hydrogen) atoms. The predicted octanol–water partition coefficient (Wildman–Crippen LogP) is 5.18. The summed E-state index contributed by atoms with van der Waals surface area (Å²) in [5.74, 6) is 2.98. The van der Waals surface area contributed by atoms with E-state index in [-0.39, 0.29) is 0 Å². The van der Waals surface area contributed by atoms with E-state index >= 15 is 0 Å². The highest BCUT2D eigenvalue weighted by Gasteiger charge is 2.19. The van der Waals surface area contributed by atoms with Crippen molar-refractivity contribution < 1.29 is 14.3 Å². The number of hydrogen-bond donors (Lipinski definition) is 0. The van der Waals surface area contributed by atoms with Crippen LogP contribution in [0.3, 0.4) is 0 Å². The van der Waals surface area contributed by atoms with Gasteiger partial charge in [0.15, 0.2) is 11.5 Å². The summed E-state index contributed by atoms with van der Waals surface area (Å²) in [6, 6.07) is 15.4. The standard InChI is InChI=1S/C20H20O3S2/c1-22-18-14-16(20-24-12-5-13-25-20)9-10-17(18)23-19(21)11-8-15-6-3-2-4-7-15/h2-4,6-11,14,20H,5,12-13H2,1H3/b11-8+. The van der Waals surface area contributed by atoms with Crippen LogP contribution >= 0.6 is 23.5 Å². The molecule has 3 nitrogen and oxygen atoms in total. The Labute approximate surface area is 156 Å². The molecule has 130 valence electrons. The minimum absolute atomic E-state index is 0.420. The van der Waals surface area contributed by atoms with E-state index in [4.69, 9.17) is 9.47 Å². The van der Waals surface area contributed by atoms with Gasteiger partial charge in [0, 0.05) is 6.08 Å². The molecule has 0 aromatic heterocycles. The lowest BCUT2D eigenvalue weighted by Gasteiger charge is -2.22. The van der Waals surface area contributed by atoms with E-state index in [0.29, 0.717) is 16.1 Å². The van der Waals surface area contributed by atoms with Gasteiger partial charge < -0.3 is 9.47 Å². The van der Waals surface area contributed by atoms with Crippen molar-refractivity contribution in [3.63, 3.8) is 0 Å². The average molecular weight is 373 g/mol. The molecule has 1 fully saturated rings. The highest BCUT2D eigenvalue weighted by molar-refractivity contribution is 8.16. The highest BCUT2D eigenvalue weighted by Crippen LogP contribution is 2.45. The smallest absolute Gasteiger partial charge is 0.336 e. The number of esters is 1. The minimum Gasteiger partial charge on any atom is -0.493 e. The van der Waals surface area contributed by atoms with Crippen molar-refractivity contribution in [3.05, 3.63) is 65.7 Å². The Hall–Kier alpha value is -1.85. The summed E-state index contributed by atoms with van der Waals surface area (Å²) in [5.41, 5.74) is 2.15. The maximum absolute atomic E-state index is 12.1. The minimum atomic E-state index is -0.420. The third-order valence-electron chi connectivity index (χ3n) is 3.71. The van der Waals surface area contributed by atoms with Gasteiger partial charge in [-0.1, -0.05) is 36.4 Å². The average Bonchev–Trinajstić information content (AvgIpc) is 2.68. The van der Waals surface area contributed by atoms with E-state index < -0.39 is 5.97 Å². The van der Waals surface area contributed by atoms with Crippen LogP contribution in [0.4, 0.5) is 0 Å². The summed E-state index contributed by atoms with van der Waals surface area (Å²) in [5, 5.41) is 0. The van der Waals surface area contributed by atoms with E-state index in [1.165, 1.54) is 29.6 Å². The molecule has 2 aromatic rings. The number of benzene rings is 2. The maximum atomic E-state index is 12.1. The molecule has 1 heterocycles. The zero-order chi connectivity index (χ0) is 17.5. The summed E-state index contributed by atoms with van der Waals surface area (Å²) >= 11 is 3.90. The van der Waals surface area contributed by atoms with Crippen LogP contribution in [0.25, 0.3) is 6.08 Å². The van der Waals surface area contributed by atoms with E-state index in [2.05, 4.69) is 0 Å². The molecule has 5 heteroatoms. The van der Waals surface area contributed by atoms with E-state index in [9.17, 15) is 4.79 Å². The first-order valence-electron chi connectivity index (χ1n) is 8.12. The quantitative estimate of drug-likeness (QED) is 0.410. The summed E-state index contributed by atoms with van der Waals surface area (Å²) in [6.07, 6.45) is 4.42. The van der Waals surface area contributed by atoms with Crippen molar-refractivity contribution in [2.24, 2.45) is 0 Å². The van der Waals surface area contributed by atoms with Crippen LogP contribution < -0.4 is 9.47 Å². The van der Waals surface area contributed by atoms with Gasteiger partial charge in [-0.15, -0.1) is 23.5 Å². The Bertz CT molecular complexity index is 738. The molecule has 3 rings (SSSR count). The number of hydrogen-bond acceptors (Lipinski definition) is 5. The number of ether oxygens (including phenoxy) is 2. The number of carbonyl (C=O) groups excluding carboxylic acids is 1. The number of rotatable bonds is 5. The summed E-state index contributed by atoms with van der Waals surface area (Å²) < 4.78 is 11.3. The molecule has 0 atom stereocenters. The fraction of sp³-hybridized carbons (Fsp3) is 0.250. The van der Waals surface area contributed by atoms with Crippen molar-refractivity contribution in [1.29, 1.82) is 0 Å². The SMILES string of the molecule is COc1cc(C2SCCCS2)ccc1OC(=O)/C=C/c1ccccc1. The van der Waals surface area contributed by atoms with Crippen molar-refractivity contribution in [1.82, 2.24) is 0 Å². The van der Waals surface area contributed by atoms with Crippen molar-refractivity contribution in [3.8, 4) is 11.5 Å². The molecule has 0 radical (unpaired) electrons.